The normalized spacial score (nSPS) is 10.9. The van der Waals surface area contributed by atoms with Crippen LogP contribution in [0.3, 0.4) is 0 Å². The zero-order valence-corrected chi connectivity index (χ0v) is 15.7. The van der Waals surface area contributed by atoms with Crippen molar-refractivity contribution in [2.24, 2.45) is 0 Å². The van der Waals surface area contributed by atoms with Gasteiger partial charge in [-0.25, -0.2) is 4.79 Å². The molecular weight excluding hydrogens is 374 g/mol. The van der Waals surface area contributed by atoms with Gasteiger partial charge in [-0.3, -0.25) is 14.2 Å². The molecule has 4 aromatic rings. The number of hydrogen-bond donors (Lipinski definition) is 1. The van der Waals surface area contributed by atoms with Crippen LogP contribution in [0, 0.1) is 6.92 Å². The van der Waals surface area contributed by atoms with Gasteiger partial charge in [0, 0.05) is 17.0 Å². The largest absolute Gasteiger partial charge is 0.477 e. The van der Waals surface area contributed by atoms with Crippen LogP contribution in [0.25, 0.3) is 15.9 Å². The van der Waals surface area contributed by atoms with Crippen LogP contribution in [-0.4, -0.2) is 21.4 Å². The number of fused-ring (bicyclic) bond motifs is 1. The lowest BCUT2D eigenvalue weighted by atomic mass is 10.0. The van der Waals surface area contributed by atoms with E-state index in [1.165, 1.54) is 16.7 Å². The molecule has 2 aromatic carbocycles. The fourth-order valence-corrected chi connectivity index (χ4v) is 4.28. The number of aromatic carboxylic acids is 1. The first-order valence-corrected chi connectivity index (χ1v) is 9.37. The van der Waals surface area contributed by atoms with Crippen LogP contribution in [0.2, 0.25) is 0 Å². The molecule has 0 saturated carbocycles. The van der Waals surface area contributed by atoms with Gasteiger partial charge in [-0.05, 0) is 25.1 Å². The molecule has 1 N–H and O–H groups in total. The number of aryl methyl sites for hydroxylation is 1. The topological polar surface area (TPSA) is 76.4 Å². The van der Waals surface area contributed by atoms with Gasteiger partial charge in [0.05, 0.1) is 11.3 Å². The van der Waals surface area contributed by atoms with Gasteiger partial charge in [0.15, 0.2) is 5.78 Å². The van der Waals surface area contributed by atoms with E-state index in [4.69, 9.17) is 0 Å². The van der Waals surface area contributed by atoms with Gasteiger partial charge in [0.1, 0.15) is 9.71 Å². The number of benzene rings is 2. The summed E-state index contributed by atoms with van der Waals surface area (Å²) in [7, 11) is 0. The Balaban J connectivity index is 2.04. The minimum absolute atomic E-state index is 0.0738. The number of pyridine rings is 1. The number of carboxylic acid groups (broad SMARTS) is 1. The smallest absolute Gasteiger partial charge is 0.346 e. The Hall–Kier alpha value is -3.51. The number of hydrogen-bond acceptors (Lipinski definition) is 4. The molecule has 6 heteroatoms. The van der Waals surface area contributed by atoms with E-state index >= 15 is 0 Å². The lowest BCUT2D eigenvalue weighted by Crippen LogP contribution is -2.16. The molecule has 4 rings (SSSR count). The monoisotopic (exact) mass is 389 g/mol. The zero-order chi connectivity index (χ0) is 19.8. The van der Waals surface area contributed by atoms with Crippen molar-refractivity contribution >= 4 is 33.3 Å². The number of carboxylic acids is 1. The van der Waals surface area contributed by atoms with Gasteiger partial charge in [0.25, 0.3) is 5.56 Å². The quantitative estimate of drug-likeness (QED) is 0.528. The zero-order valence-electron chi connectivity index (χ0n) is 14.9. The molecule has 0 amide bonds. The van der Waals surface area contributed by atoms with Crippen molar-refractivity contribution in [2.45, 2.75) is 6.92 Å². The summed E-state index contributed by atoms with van der Waals surface area (Å²) in [6.45, 7) is 1.94. The summed E-state index contributed by atoms with van der Waals surface area (Å²) in [5.41, 5.74) is 1.89. The summed E-state index contributed by atoms with van der Waals surface area (Å²) >= 11 is 0.937. The molecule has 0 atom stereocenters. The van der Waals surface area contributed by atoms with E-state index in [-0.39, 0.29) is 21.8 Å². The third-order valence-electron chi connectivity index (χ3n) is 4.49. The van der Waals surface area contributed by atoms with E-state index in [0.29, 0.717) is 21.5 Å². The standard InChI is InChI=1S/C22H15NO4S/c1-13-7-9-15(10-8-13)23-17(24)12-11-16-18(20(22(26)27)28-21(16)23)19(25)14-5-3-2-4-6-14/h2-12H,1H3,(H,26,27). The number of rotatable bonds is 4. The maximum absolute atomic E-state index is 13.1. The third-order valence-corrected chi connectivity index (χ3v) is 5.67. The van der Waals surface area contributed by atoms with Gasteiger partial charge in [-0.2, -0.15) is 0 Å². The molecule has 0 fully saturated rings. The van der Waals surface area contributed by atoms with Crippen molar-refractivity contribution in [2.75, 3.05) is 0 Å². The molecule has 0 spiro atoms. The van der Waals surface area contributed by atoms with E-state index in [0.717, 1.165) is 16.9 Å². The van der Waals surface area contributed by atoms with Gasteiger partial charge < -0.3 is 5.11 Å². The first-order valence-electron chi connectivity index (χ1n) is 8.56. The van der Waals surface area contributed by atoms with E-state index < -0.39 is 5.97 Å². The van der Waals surface area contributed by atoms with Gasteiger partial charge in [0.2, 0.25) is 0 Å². The second-order valence-electron chi connectivity index (χ2n) is 6.37. The lowest BCUT2D eigenvalue weighted by Gasteiger charge is -2.08. The van der Waals surface area contributed by atoms with E-state index in [2.05, 4.69) is 0 Å². The average Bonchev–Trinajstić information content (AvgIpc) is 3.09. The Kier molecular flexibility index (Phi) is 4.41. The maximum atomic E-state index is 13.1. The highest BCUT2D eigenvalue weighted by Crippen LogP contribution is 2.33. The molecule has 0 saturated heterocycles. The molecule has 2 aromatic heterocycles. The Morgan fingerprint density at radius 2 is 1.61 bits per heavy atom. The number of ketones is 1. The molecule has 138 valence electrons. The second kappa shape index (κ2) is 6.90. The van der Waals surface area contributed by atoms with Crippen molar-refractivity contribution in [1.82, 2.24) is 4.57 Å². The lowest BCUT2D eigenvalue weighted by molar-refractivity contribution is 0.0698. The van der Waals surface area contributed by atoms with Crippen LogP contribution in [-0.2, 0) is 0 Å². The fourth-order valence-electron chi connectivity index (χ4n) is 3.13. The SMILES string of the molecule is Cc1ccc(-n2c(=O)ccc3c(C(=O)c4ccccc4)c(C(=O)O)sc32)cc1. The van der Waals surface area contributed by atoms with Crippen LogP contribution in [0.1, 0.15) is 31.2 Å². The molecule has 0 aliphatic heterocycles. The molecule has 5 nitrogen and oxygen atoms in total. The predicted octanol–water partition coefficient (Wildman–Crippen LogP) is 4.29. The van der Waals surface area contributed by atoms with Crippen molar-refractivity contribution in [3.8, 4) is 5.69 Å². The molecule has 2 heterocycles. The highest BCUT2D eigenvalue weighted by Gasteiger charge is 2.26. The number of carbonyl (C=O) groups is 2. The molecule has 0 bridgehead atoms. The molecule has 28 heavy (non-hydrogen) atoms. The molecule has 0 radical (unpaired) electrons. The Labute approximate surface area is 164 Å². The maximum Gasteiger partial charge on any atom is 0.346 e. The Bertz CT molecular complexity index is 1270. The minimum Gasteiger partial charge on any atom is -0.477 e. The predicted molar refractivity (Wildman–Crippen MR) is 109 cm³/mol. The molecule has 0 aliphatic carbocycles. The number of carbonyl (C=O) groups excluding carboxylic acids is 1. The average molecular weight is 389 g/mol. The van der Waals surface area contributed by atoms with Crippen LogP contribution < -0.4 is 5.56 Å². The third kappa shape index (κ3) is 2.93. The minimum atomic E-state index is -1.19. The number of nitrogens with zero attached hydrogens (tertiary/aromatic N) is 1. The summed E-state index contributed by atoms with van der Waals surface area (Å²) in [6, 6.07) is 18.8. The van der Waals surface area contributed by atoms with E-state index in [9.17, 15) is 19.5 Å². The highest BCUT2D eigenvalue weighted by atomic mass is 32.1. The van der Waals surface area contributed by atoms with E-state index in [1.54, 1.807) is 42.5 Å². The Morgan fingerprint density at radius 1 is 0.929 bits per heavy atom. The second-order valence-corrected chi connectivity index (χ2v) is 7.37. The number of aromatic nitrogens is 1. The van der Waals surface area contributed by atoms with Crippen LogP contribution in [0.5, 0.6) is 0 Å². The van der Waals surface area contributed by atoms with Crippen molar-refractivity contribution < 1.29 is 14.7 Å². The van der Waals surface area contributed by atoms with Gasteiger partial charge in [-0.1, -0.05) is 48.0 Å². The van der Waals surface area contributed by atoms with Crippen molar-refractivity contribution in [3.63, 3.8) is 0 Å². The van der Waals surface area contributed by atoms with E-state index in [1.807, 2.05) is 19.1 Å². The summed E-state index contributed by atoms with van der Waals surface area (Å²) in [6.07, 6.45) is 0. The Morgan fingerprint density at radius 3 is 2.25 bits per heavy atom. The van der Waals surface area contributed by atoms with Crippen LogP contribution >= 0.6 is 11.3 Å². The van der Waals surface area contributed by atoms with Gasteiger partial charge in [-0.15, -0.1) is 11.3 Å². The number of thiophene rings is 1. The summed E-state index contributed by atoms with van der Waals surface area (Å²) < 4.78 is 1.45. The fraction of sp³-hybridized carbons (Fsp3) is 0.0455. The summed E-state index contributed by atoms with van der Waals surface area (Å²) in [4.78, 5) is 37.9. The first-order chi connectivity index (χ1) is 13.5. The van der Waals surface area contributed by atoms with Gasteiger partial charge >= 0.3 is 5.97 Å². The molecule has 0 aliphatic rings. The molecule has 0 unspecified atom stereocenters. The summed E-state index contributed by atoms with van der Waals surface area (Å²) in [5, 5.41) is 10.2. The first kappa shape index (κ1) is 17.9. The molecular formula is C22H15NO4S. The van der Waals surface area contributed by atoms with Crippen molar-refractivity contribution in [1.29, 1.82) is 0 Å². The van der Waals surface area contributed by atoms with Crippen LogP contribution in [0.4, 0.5) is 0 Å². The summed E-state index contributed by atoms with van der Waals surface area (Å²) in [5.74, 6) is -1.57. The van der Waals surface area contributed by atoms with Crippen molar-refractivity contribution in [3.05, 3.63) is 98.7 Å². The highest BCUT2D eigenvalue weighted by molar-refractivity contribution is 7.21. The van der Waals surface area contributed by atoms with Crippen LogP contribution in [0.15, 0.2) is 71.5 Å².